The molecule has 0 saturated carbocycles. The van der Waals surface area contributed by atoms with Gasteiger partial charge in [0.05, 0.1) is 16.9 Å². The van der Waals surface area contributed by atoms with Crippen LogP contribution in [0.3, 0.4) is 0 Å². The zero-order chi connectivity index (χ0) is 14.8. The third-order valence-corrected chi connectivity index (χ3v) is 2.77. The number of carboxylic acid groups (broad SMARTS) is 1. The monoisotopic (exact) mass is 264 g/mol. The van der Waals surface area contributed by atoms with Gasteiger partial charge in [0.15, 0.2) is 0 Å². The minimum absolute atomic E-state index is 0.0511. The highest BCUT2D eigenvalue weighted by atomic mass is 16.4. The Morgan fingerprint density at radius 1 is 1.32 bits per heavy atom. The molecule has 1 aromatic rings. The topological polar surface area (TPSA) is 83.6 Å². The molecule has 1 aromatic carbocycles. The summed E-state index contributed by atoms with van der Waals surface area (Å²) in [5, 5.41) is 8.90. The molecule has 0 heterocycles. The molecule has 0 aliphatic heterocycles. The van der Waals surface area contributed by atoms with Crippen molar-refractivity contribution in [2.24, 2.45) is 5.41 Å². The van der Waals surface area contributed by atoms with Gasteiger partial charge >= 0.3 is 5.97 Å². The van der Waals surface area contributed by atoms with Crippen LogP contribution in [0, 0.1) is 5.41 Å². The van der Waals surface area contributed by atoms with E-state index < -0.39 is 11.4 Å². The van der Waals surface area contributed by atoms with Gasteiger partial charge in [-0.15, -0.1) is 0 Å². The van der Waals surface area contributed by atoms with Gasteiger partial charge in [-0.1, -0.05) is 20.8 Å². The third kappa shape index (κ3) is 3.24. The lowest BCUT2D eigenvalue weighted by Crippen LogP contribution is -2.39. The summed E-state index contributed by atoms with van der Waals surface area (Å²) in [4.78, 5) is 24.8. The zero-order valence-electron chi connectivity index (χ0n) is 11.7. The molecular weight excluding hydrogens is 244 g/mol. The predicted octanol–water partition coefficient (Wildman–Crippen LogP) is 2.37. The summed E-state index contributed by atoms with van der Waals surface area (Å²) in [6.07, 6.45) is 0. The molecule has 0 aromatic heterocycles. The molecule has 0 radical (unpaired) electrons. The molecule has 0 unspecified atom stereocenters. The summed E-state index contributed by atoms with van der Waals surface area (Å²) >= 11 is 0. The van der Waals surface area contributed by atoms with Crippen LogP contribution in [-0.2, 0) is 4.79 Å². The number of carbonyl (C=O) groups excluding carboxylic acids is 1. The van der Waals surface area contributed by atoms with E-state index in [4.69, 9.17) is 10.8 Å². The Morgan fingerprint density at radius 3 is 2.26 bits per heavy atom. The number of nitrogens with two attached hydrogens (primary N) is 1. The first-order valence-corrected chi connectivity index (χ1v) is 6.13. The van der Waals surface area contributed by atoms with Crippen molar-refractivity contribution in [1.29, 1.82) is 0 Å². The van der Waals surface area contributed by atoms with Crippen molar-refractivity contribution in [3.63, 3.8) is 0 Å². The standard InChI is InChI=1S/C14H20N2O3/c1-5-16(13(19)14(2,3)4)11-7-6-9(12(17)18)8-10(11)15/h6-8H,5,15H2,1-4H3,(H,17,18). The van der Waals surface area contributed by atoms with Gasteiger partial charge in [0.2, 0.25) is 5.91 Å². The van der Waals surface area contributed by atoms with Gasteiger partial charge in [0.1, 0.15) is 0 Å². The Kier molecular flexibility index (Phi) is 4.19. The second-order valence-electron chi connectivity index (χ2n) is 5.38. The van der Waals surface area contributed by atoms with Crippen molar-refractivity contribution >= 4 is 23.3 Å². The second-order valence-corrected chi connectivity index (χ2v) is 5.38. The Labute approximate surface area is 113 Å². The summed E-state index contributed by atoms with van der Waals surface area (Å²) in [5.41, 5.74) is 6.29. The molecule has 0 atom stereocenters. The van der Waals surface area contributed by atoms with Gasteiger partial charge in [-0.2, -0.15) is 0 Å². The van der Waals surface area contributed by atoms with Crippen LogP contribution in [0.1, 0.15) is 38.1 Å². The number of rotatable bonds is 3. The molecule has 0 spiro atoms. The van der Waals surface area contributed by atoms with Gasteiger partial charge < -0.3 is 15.7 Å². The van der Waals surface area contributed by atoms with Crippen LogP contribution >= 0.6 is 0 Å². The lowest BCUT2D eigenvalue weighted by molar-refractivity contribution is -0.125. The molecule has 19 heavy (non-hydrogen) atoms. The first-order valence-electron chi connectivity index (χ1n) is 6.13. The van der Waals surface area contributed by atoms with E-state index in [0.29, 0.717) is 17.9 Å². The van der Waals surface area contributed by atoms with Crippen LogP contribution in [0.4, 0.5) is 11.4 Å². The van der Waals surface area contributed by atoms with Crippen LogP contribution in [-0.4, -0.2) is 23.5 Å². The van der Waals surface area contributed by atoms with E-state index in [0.717, 1.165) is 0 Å². The van der Waals surface area contributed by atoms with E-state index in [1.54, 1.807) is 11.0 Å². The number of carbonyl (C=O) groups is 2. The highest BCUT2D eigenvalue weighted by Gasteiger charge is 2.28. The molecule has 1 rings (SSSR count). The number of nitrogen functional groups attached to an aromatic ring is 1. The number of nitrogens with zero attached hydrogens (tertiary/aromatic N) is 1. The predicted molar refractivity (Wildman–Crippen MR) is 75.3 cm³/mol. The summed E-state index contributed by atoms with van der Waals surface area (Å²) in [7, 11) is 0. The molecule has 5 heteroatoms. The molecule has 104 valence electrons. The van der Waals surface area contributed by atoms with Gasteiger partial charge in [0.25, 0.3) is 0 Å². The molecule has 0 aliphatic rings. The molecule has 5 nitrogen and oxygen atoms in total. The molecule has 1 amide bonds. The average molecular weight is 264 g/mol. The van der Waals surface area contributed by atoms with Crippen LogP contribution in [0.5, 0.6) is 0 Å². The summed E-state index contributed by atoms with van der Waals surface area (Å²) in [6.45, 7) is 7.83. The van der Waals surface area contributed by atoms with Crippen LogP contribution < -0.4 is 10.6 Å². The molecule has 0 saturated heterocycles. The fourth-order valence-corrected chi connectivity index (χ4v) is 1.76. The van der Waals surface area contributed by atoms with Crippen molar-refractivity contribution in [2.45, 2.75) is 27.7 Å². The number of anilines is 2. The van der Waals surface area contributed by atoms with E-state index in [9.17, 15) is 9.59 Å². The highest BCUT2D eigenvalue weighted by Crippen LogP contribution is 2.28. The zero-order valence-corrected chi connectivity index (χ0v) is 11.7. The van der Waals surface area contributed by atoms with E-state index in [1.807, 2.05) is 27.7 Å². The summed E-state index contributed by atoms with van der Waals surface area (Å²) in [6, 6.07) is 4.40. The largest absolute Gasteiger partial charge is 0.478 e. The lowest BCUT2D eigenvalue weighted by Gasteiger charge is -2.29. The number of aromatic carboxylic acids is 1. The highest BCUT2D eigenvalue weighted by molar-refractivity contribution is 6.00. The quantitative estimate of drug-likeness (QED) is 0.821. The first kappa shape index (κ1) is 15.0. The van der Waals surface area contributed by atoms with Crippen molar-refractivity contribution in [3.8, 4) is 0 Å². The number of hydrogen-bond acceptors (Lipinski definition) is 3. The molecule has 3 N–H and O–H groups in total. The number of hydrogen-bond donors (Lipinski definition) is 2. The van der Waals surface area contributed by atoms with Gasteiger partial charge in [0, 0.05) is 12.0 Å². The van der Waals surface area contributed by atoms with Crippen molar-refractivity contribution in [1.82, 2.24) is 0 Å². The van der Waals surface area contributed by atoms with Gasteiger partial charge in [-0.3, -0.25) is 4.79 Å². The lowest BCUT2D eigenvalue weighted by atomic mass is 9.94. The Morgan fingerprint density at radius 2 is 1.89 bits per heavy atom. The summed E-state index contributed by atoms with van der Waals surface area (Å²) in [5.74, 6) is -1.09. The van der Waals surface area contributed by atoms with Crippen molar-refractivity contribution < 1.29 is 14.7 Å². The number of amides is 1. The Hall–Kier alpha value is -2.04. The molecular formula is C14H20N2O3. The first-order chi connectivity index (χ1) is 8.68. The molecule has 0 bridgehead atoms. The van der Waals surface area contributed by atoms with E-state index in [-0.39, 0.29) is 11.5 Å². The maximum atomic E-state index is 12.3. The van der Waals surface area contributed by atoms with Gasteiger partial charge in [-0.25, -0.2) is 4.79 Å². The number of carboxylic acids is 1. The third-order valence-electron chi connectivity index (χ3n) is 2.77. The Bertz CT molecular complexity index is 504. The SMILES string of the molecule is CCN(C(=O)C(C)(C)C)c1ccc(C(=O)O)cc1N. The maximum absolute atomic E-state index is 12.3. The smallest absolute Gasteiger partial charge is 0.335 e. The molecule has 0 fully saturated rings. The average Bonchev–Trinajstić information content (AvgIpc) is 2.30. The van der Waals surface area contributed by atoms with Crippen LogP contribution in [0.2, 0.25) is 0 Å². The second kappa shape index (κ2) is 5.30. The normalized spacial score (nSPS) is 11.2. The van der Waals surface area contributed by atoms with Gasteiger partial charge in [-0.05, 0) is 25.1 Å². The fourth-order valence-electron chi connectivity index (χ4n) is 1.76. The van der Waals surface area contributed by atoms with E-state index >= 15 is 0 Å². The minimum Gasteiger partial charge on any atom is -0.478 e. The van der Waals surface area contributed by atoms with Crippen LogP contribution in [0.15, 0.2) is 18.2 Å². The van der Waals surface area contributed by atoms with E-state index in [2.05, 4.69) is 0 Å². The van der Waals surface area contributed by atoms with E-state index in [1.165, 1.54) is 12.1 Å². The Balaban J connectivity index is 3.20. The fraction of sp³-hybridized carbons (Fsp3) is 0.429. The number of benzene rings is 1. The minimum atomic E-state index is -1.04. The maximum Gasteiger partial charge on any atom is 0.335 e. The molecule has 0 aliphatic carbocycles. The van der Waals surface area contributed by atoms with Crippen molar-refractivity contribution in [2.75, 3.05) is 17.2 Å². The van der Waals surface area contributed by atoms with Crippen LogP contribution in [0.25, 0.3) is 0 Å². The summed E-state index contributed by atoms with van der Waals surface area (Å²) < 4.78 is 0. The van der Waals surface area contributed by atoms with Crippen molar-refractivity contribution in [3.05, 3.63) is 23.8 Å².